The molecule has 2 N–H and O–H groups in total. The van der Waals surface area contributed by atoms with Crippen LogP contribution in [0.15, 0.2) is 54.6 Å². The molecule has 1 amide bonds. The zero-order valence-corrected chi connectivity index (χ0v) is 16.0. The highest BCUT2D eigenvalue weighted by Crippen LogP contribution is 2.17. The maximum Gasteiger partial charge on any atom is 0.237 e. The standard InChI is InChI=1S/C22H29N3O2/c1-18-7-9-19(10-8-18)17-23-22(27)21(11-16-26)25-14-12-24(13-15-25)20-5-3-2-4-6-20/h2-10,21,26H,11-17H2,1H3,(H,23,27). The Hall–Kier alpha value is -2.37. The van der Waals surface area contributed by atoms with Crippen LogP contribution in [0, 0.1) is 6.92 Å². The van der Waals surface area contributed by atoms with E-state index in [1.165, 1.54) is 11.3 Å². The summed E-state index contributed by atoms with van der Waals surface area (Å²) in [6.45, 7) is 5.99. The lowest BCUT2D eigenvalue weighted by Crippen LogP contribution is -2.55. The van der Waals surface area contributed by atoms with E-state index >= 15 is 0 Å². The molecule has 0 saturated carbocycles. The summed E-state index contributed by atoms with van der Waals surface area (Å²) in [5.74, 6) is -0.00205. The normalized spacial score (nSPS) is 16.1. The number of para-hydroxylation sites is 1. The molecule has 1 atom stereocenters. The highest BCUT2D eigenvalue weighted by Gasteiger charge is 2.28. The number of benzene rings is 2. The molecule has 5 heteroatoms. The lowest BCUT2D eigenvalue weighted by Gasteiger charge is -2.39. The van der Waals surface area contributed by atoms with Gasteiger partial charge in [-0.3, -0.25) is 9.69 Å². The Morgan fingerprint density at radius 1 is 1.04 bits per heavy atom. The Labute approximate surface area is 161 Å². The van der Waals surface area contributed by atoms with Crippen molar-refractivity contribution in [1.29, 1.82) is 0 Å². The number of nitrogens with one attached hydrogen (secondary N) is 1. The van der Waals surface area contributed by atoms with Crippen molar-refractivity contribution in [3.63, 3.8) is 0 Å². The van der Waals surface area contributed by atoms with Gasteiger partial charge in [0.05, 0.1) is 6.04 Å². The Bertz CT molecular complexity index is 710. The molecule has 5 nitrogen and oxygen atoms in total. The minimum atomic E-state index is -0.279. The number of nitrogens with zero attached hydrogens (tertiary/aromatic N) is 2. The summed E-state index contributed by atoms with van der Waals surface area (Å²) in [4.78, 5) is 17.3. The van der Waals surface area contributed by atoms with Crippen LogP contribution in [0.1, 0.15) is 17.5 Å². The van der Waals surface area contributed by atoms with Gasteiger partial charge in [0.25, 0.3) is 0 Å². The largest absolute Gasteiger partial charge is 0.396 e. The highest BCUT2D eigenvalue weighted by atomic mass is 16.3. The number of carbonyl (C=O) groups excluding carboxylic acids is 1. The zero-order valence-electron chi connectivity index (χ0n) is 16.0. The number of aliphatic hydroxyl groups excluding tert-OH is 1. The quantitative estimate of drug-likeness (QED) is 0.788. The van der Waals surface area contributed by atoms with Gasteiger partial charge in [-0.2, -0.15) is 0 Å². The SMILES string of the molecule is Cc1ccc(CNC(=O)C(CCO)N2CCN(c3ccccc3)CC2)cc1. The molecule has 1 unspecified atom stereocenters. The minimum Gasteiger partial charge on any atom is -0.396 e. The van der Waals surface area contributed by atoms with Gasteiger partial charge in [-0.1, -0.05) is 48.0 Å². The predicted octanol–water partition coefficient (Wildman–Crippen LogP) is 2.18. The maximum atomic E-state index is 12.7. The van der Waals surface area contributed by atoms with Gasteiger partial charge in [-0.25, -0.2) is 0 Å². The Balaban J connectivity index is 1.55. The summed E-state index contributed by atoms with van der Waals surface area (Å²) in [6.07, 6.45) is 0.463. The molecular weight excluding hydrogens is 338 g/mol. The van der Waals surface area contributed by atoms with Gasteiger partial charge < -0.3 is 15.3 Å². The van der Waals surface area contributed by atoms with Crippen LogP contribution in [-0.2, 0) is 11.3 Å². The number of hydrogen-bond donors (Lipinski definition) is 2. The summed E-state index contributed by atoms with van der Waals surface area (Å²) >= 11 is 0. The first-order valence-corrected chi connectivity index (χ1v) is 9.65. The Kier molecular flexibility index (Phi) is 6.85. The van der Waals surface area contributed by atoms with Crippen molar-refractivity contribution in [2.45, 2.75) is 25.9 Å². The van der Waals surface area contributed by atoms with E-state index in [0.717, 1.165) is 31.7 Å². The van der Waals surface area contributed by atoms with Crippen molar-refractivity contribution < 1.29 is 9.90 Å². The van der Waals surface area contributed by atoms with Gasteiger partial charge >= 0.3 is 0 Å². The Morgan fingerprint density at radius 2 is 1.70 bits per heavy atom. The minimum absolute atomic E-state index is 0.00205. The predicted molar refractivity (Wildman–Crippen MR) is 109 cm³/mol. The third-order valence-corrected chi connectivity index (χ3v) is 5.17. The van der Waals surface area contributed by atoms with Crippen LogP contribution in [0.4, 0.5) is 5.69 Å². The Morgan fingerprint density at radius 3 is 2.33 bits per heavy atom. The number of rotatable bonds is 7. The molecule has 3 rings (SSSR count). The fourth-order valence-corrected chi connectivity index (χ4v) is 3.55. The number of hydrogen-bond acceptors (Lipinski definition) is 4. The second-order valence-electron chi connectivity index (χ2n) is 7.09. The third kappa shape index (κ3) is 5.31. The van der Waals surface area contributed by atoms with E-state index < -0.39 is 0 Å². The second-order valence-corrected chi connectivity index (χ2v) is 7.09. The molecule has 0 radical (unpaired) electrons. The molecule has 0 aromatic heterocycles. The van der Waals surface area contributed by atoms with Crippen molar-refractivity contribution in [2.75, 3.05) is 37.7 Å². The maximum absolute atomic E-state index is 12.7. The molecule has 0 spiro atoms. The first-order valence-electron chi connectivity index (χ1n) is 9.65. The fraction of sp³-hybridized carbons (Fsp3) is 0.409. The average molecular weight is 367 g/mol. The van der Waals surface area contributed by atoms with E-state index in [2.05, 4.69) is 58.4 Å². The van der Waals surface area contributed by atoms with Gasteiger partial charge in [0.1, 0.15) is 0 Å². The van der Waals surface area contributed by atoms with Crippen molar-refractivity contribution in [3.05, 3.63) is 65.7 Å². The summed E-state index contributed by atoms with van der Waals surface area (Å²) < 4.78 is 0. The first kappa shape index (κ1) is 19.4. The van der Waals surface area contributed by atoms with Gasteiger partial charge in [-0.05, 0) is 31.0 Å². The summed E-state index contributed by atoms with van der Waals surface area (Å²) in [5, 5.41) is 12.5. The number of piperazine rings is 1. The van der Waals surface area contributed by atoms with Crippen molar-refractivity contribution in [3.8, 4) is 0 Å². The van der Waals surface area contributed by atoms with Crippen LogP contribution in [0.2, 0.25) is 0 Å². The van der Waals surface area contributed by atoms with E-state index in [1.54, 1.807) is 0 Å². The third-order valence-electron chi connectivity index (χ3n) is 5.17. The number of aryl methyl sites for hydroxylation is 1. The molecule has 1 heterocycles. The molecule has 2 aromatic carbocycles. The van der Waals surface area contributed by atoms with Crippen LogP contribution < -0.4 is 10.2 Å². The van der Waals surface area contributed by atoms with Crippen molar-refractivity contribution in [1.82, 2.24) is 10.2 Å². The molecule has 0 aliphatic carbocycles. The summed E-state index contributed by atoms with van der Waals surface area (Å²) in [7, 11) is 0. The summed E-state index contributed by atoms with van der Waals surface area (Å²) in [5.41, 5.74) is 3.52. The van der Waals surface area contributed by atoms with Gasteiger partial charge in [0.2, 0.25) is 5.91 Å². The number of aliphatic hydroxyl groups is 1. The molecular formula is C22H29N3O2. The van der Waals surface area contributed by atoms with Crippen LogP contribution in [0.3, 0.4) is 0 Å². The van der Waals surface area contributed by atoms with Crippen LogP contribution in [0.25, 0.3) is 0 Å². The number of anilines is 1. The van der Waals surface area contributed by atoms with Crippen molar-refractivity contribution in [2.24, 2.45) is 0 Å². The van der Waals surface area contributed by atoms with Crippen molar-refractivity contribution >= 4 is 11.6 Å². The molecule has 27 heavy (non-hydrogen) atoms. The zero-order chi connectivity index (χ0) is 19.1. The van der Waals surface area contributed by atoms with E-state index in [-0.39, 0.29) is 18.6 Å². The van der Waals surface area contributed by atoms with Crippen LogP contribution in [-0.4, -0.2) is 54.7 Å². The average Bonchev–Trinajstić information content (AvgIpc) is 2.72. The van der Waals surface area contributed by atoms with Gasteiger partial charge in [0, 0.05) is 45.0 Å². The smallest absolute Gasteiger partial charge is 0.237 e. The number of carbonyl (C=O) groups is 1. The second kappa shape index (κ2) is 9.53. The fourth-order valence-electron chi connectivity index (χ4n) is 3.55. The van der Waals surface area contributed by atoms with E-state index in [0.29, 0.717) is 13.0 Å². The van der Waals surface area contributed by atoms with Crippen LogP contribution >= 0.6 is 0 Å². The van der Waals surface area contributed by atoms with E-state index in [1.807, 2.05) is 18.2 Å². The van der Waals surface area contributed by atoms with Crippen LogP contribution in [0.5, 0.6) is 0 Å². The molecule has 1 aliphatic heterocycles. The van der Waals surface area contributed by atoms with E-state index in [9.17, 15) is 9.90 Å². The molecule has 2 aromatic rings. The monoisotopic (exact) mass is 367 g/mol. The summed E-state index contributed by atoms with van der Waals surface area (Å²) in [6, 6.07) is 18.3. The lowest BCUT2D eigenvalue weighted by atomic mass is 10.1. The topological polar surface area (TPSA) is 55.8 Å². The van der Waals surface area contributed by atoms with Gasteiger partial charge in [0.15, 0.2) is 0 Å². The lowest BCUT2D eigenvalue weighted by molar-refractivity contribution is -0.127. The molecule has 1 saturated heterocycles. The van der Waals surface area contributed by atoms with Gasteiger partial charge in [-0.15, -0.1) is 0 Å². The highest BCUT2D eigenvalue weighted by molar-refractivity contribution is 5.81. The van der Waals surface area contributed by atoms with E-state index in [4.69, 9.17) is 0 Å². The molecule has 1 fully saturated rings. The number of amides is 1. The molecule has 0 bridgehead atoms. The molecule has 144 valence electrons. The first-order chi connectivity index (χ1) is 13.2. The molecule has 1 aliphatic rings.